The molecule has 0 radical (unpaired) electrons. The molecule has 3 unspecified atom stereocenters. The third-order valence-electron chi connectivity index (χ3n) is 2.82. The zero-order chi connectivity index (χ0) is 11.7. The molecule has 16 heavy (non-hydrogen) atoms. The van der Waals surface area contributed by atoms with E-state index < -0.39 is 17.7 Å². The summed E-state index contributed by atoms with van der Waals surface area (Å²) >= 11 is 0. The first-order valence-corrected chi connectivity index (χ1v) is 5.41. The summed E-state index contributed by atoms with van der Waals surface area (Å²) in [7, 11) is 0. The predicted molar refractivity (Wildman–Crippen MR) is 57.1 cm³/mol. The summed E-state index contributed by atoms with van der Waals surface area (Å²) in [6.45, 7) is 4.41. The van der Waals surface area contributed by atoms with Gasteiger partial charge < -0.3 is 10.1 Å². The van der Waals surface area contributed by atoms with Crippen molar-refractivity contribution in [2.75, 3.05) is 6.61 Å². The number of hydrogen-bond donors (Lipinski definition) is 1. The molecular formula is C12H15F2NO. The minimum absolute atomic E-state index is 0.0277. The van der Waals surface area contributed by atoms with E-state index in [4.69, 9.17) is 4.74 Å². The van der Waals surface area contributed by atoms with E-state index in [9.17, 15) is 8.78 Å². The van der Waals surface area contributed by atoms with E-state index in [2.05, 4.69) is 5.32 Å². The van der Waals surface area contributed by atoms with Crippen LogP contribution in [0.2, 0.25) is 0 Å². The minimum Gasteiger partial charge on any atom is -0.370 e. The molecule has 1 heterocycles. The van der Waals surface area contributed by atoms with Crippen LogP contribution in [0, 0.1) is 11.6 Å². The number of rotatable bonds is 1. The summed E-state index contributed by atoms with van der Waals surface area (Å²) in [5.74, 6) is -1.64. The highest BCUT2D eigenvalue weighted by Crippen LogP contribution is 2.28. The van der Waals surface area contributed by atoms with Crippen LogP contribution in [0.5, 0.6) is 0 Å². The molecule has 1 aromatic carbocycles. The Kier molecular flexibility index (Phi) is 3.21. The van der Waals surface area contributed by atoms with Crippen molar-refractivity contribution in [3.63, 3.8) is 0 Å². The van der Waals surface area contributed by atoms with Crippen molar-refractivity contribution in [2.45, 2.75) is 32.0 Å². The maximum atomic E-state index is 13.6. The maximum Gasteiger partial charge on any atom is 0.164 e. The molecule has 0 bridgehead atoms. The molecule has 88 valence electrons. The lowest BCUT2D eigenvalue weighted by Gasteiger charge is -2.34. The van der Waals surface area contributed by atoms with Gasteiger partial charge >= 0.3 is 0 Å². The van der Waals surface area contributed by atoms with Crippen molar-refractivity contribution in [1.82, 2.24) is 5.32 Å². The van der Waals surface area contributed by atoms with Gasteiger partial charge in [0, 0.05) is 17.6 Å². The lowest BCUT2D eigenvalue weighted by atomic mass is 10.00. The molecule has 0 saturated carbocycles. The first-order valence-electron chi connectivity index (χ1n) is 5.41. The Hall–Kier alpha value is -1.00. The fourth-order valence-corrected chi connectivity index (χ4v) is 2.08. The van der Waals surface area contributed by atoms with Crippen LogP contribution in [0.4, 0.5) is 8.78 Å². The predicted octanol–water partition coefficient (Wildman–Crippen LogP) is 2.40. The molecule has 1 fully saturated rings. The van der Waals surface area contributed by atoms with Gasteiger partial charge in [-0.3, -0.25) is 0 Å². The summed E-state index contributed by atoms with van der Waals surface area (Å²) in [5, 5.41) is 3.26. The van der Waals surface area contributed by atoms with Gasteiger partial charge in [0.25, 0.3) is 0 Å². The van der Waals surface area contributed by atoms with E-state index in [1.807, 2.05) is 13.8 Å². The van der Waals surface area contributed by atoms with Crippen LogP contribution in [-0.2, 0) is 4.74 Å². The van der Waals surface area contributed by atoms with E-state index in [1.54, 1.807) is 6.07 Å². The molecule has 1 N–H and O–H groups in total. The molecule has 0 amide bonds. The highest BCUT2D eigenvalue weighted by Gasteiger charge is 2.29. The fraction of sp³-hybridized carbons (Fsp3) is 0.500. The Bertz CT molecular complexity index is 383. The molecule has 1 aliphatic heterocycles. The lowest BCUT2D eigenvalue weighted by molar-refractivity contribution is -0.0228. The van der Waals surface area contributed by atoms with Crippen LogP contribution < -0.4 is 5.32 Å². The molecule has 2 rings (SSSR count). The topological polar surface area (TPSA) is 21.3 Å². The van der Waals surface area contributed by atoms with E-state index in [0.29, 0.717) is 6.61 Å². The molecule has 1 saturated heterocycles. The molecular weight excluding hydrogens is 212 g/mol. The van der Waals surface area contributed by atoms with Gasteiger partial charge in [-0.1, -0.05) is 12.1 Å². The number of hydrogen-bond acceptors (Lipinski definition) is 2. The molecule has 1 aliphatic rings. The average Bonchev–Trinajstić information content (AvgIpc) is 2.23. The molecule has 3 atom stereocenters. The van der Waals surface area contributed by atoms with Crippen molar-refractivity contribution in [1.29, 1.82) is 0 Å². The monoisotopic (exact) mass is 227 g/mol. The van der Waals surface area contributed by atoms with Crippen molar-refractivity contribution < 1.29 is 13.5 Å². The van der Waals surface area contributed by atoms with Gasteiger partial charge in [-0.25, -0.2) is 8.78 Å². The van der Waals surface area contributed by atoms with Crippen molar-refractivity contribution in [3.05, 3.63) is 35.4 Å². The molecule has 0 aromatic heterocycles. The minimum atomic E-state index is -0.827. The second kappa shape index (κ2) is 4.47. The standard InChI is InChI=1S/C12H15F2NO/c1-7-6-16-12(8(2)15-7)9-4-3-5-10(13)11(9)14/h3-5,7-8,12,15H,6H2,1-2H3. The molecule has 4 heteroatoms. The van der Waals surface area contributed by atoms with Crippen molar-refractivity contribution in [2.24, 2.45) is 0 Å². The van der Waals surface area contributed by atoms with Gasteiger partial charge in [0.05, 0.1) is 6.61 Å². The number of benzene rings is 1. The van der Waals surface area contributed by atoms with Gasteiger partial charge in [0.2, 0.25) is 0 Å². The van der Waals surface area contributed by atoms with Gasteiger partial charge in [-0.05, 0) is 19.9 Å². The number of morpholine rings is 1. The molecule has 1 aromatic rings. The van der Waals surface area contributed by atoms with Gasteiger partial charge in [0.15, 0.2) is 11.6 Å². The fourth-order valence-electron chi connectivity index (χ4n) is 2.08. The van der Waals surface area contributed by atoms with Gasteiger partial charge in [0.1, 0.15) is 6.10 Å². The summed E-state index contributed by atoms with van der Waals surface area (Å²) in [6.07, 6.45) is -0.424. The summed E-state index contributed by atoms with van der Waals surface area (Å²) in [4.78, 5) is 0. The first-order chi connectivity index (χ1) is 7.59. The van der Waals surface area contributed by atoms with Crippen LogP contribution in [-0.4, -0.2) is 18.7 Å². The SMILES string of the molecule is CC1COC(c2cccc(F)c2F)C(C)N1. The van der Waals surface area contributed by atoms with Crippen molar-refractivity contribution in [3.8, 4) is 0 Å². The van der Waals surface area contributed by atoms with Crippen molar-refractivity contribution >= 4 is 0 Å². The summed E-state index contributed by atoms with van der Waals surface area (Å²) in [6, 6.07) is 4.39. The van der Waals surface area contributed by atoms with Crippen LogP contribution in [0.3, 0.4) is 0 Å². The zero-order valence-electron chi connectivity index (χ0n) is 9.34. The van der Waals surface area contributed by atoms with Gasteiger partial charge in [-0.2, -0.15) is 0 Å². The molecule has 2 nitrogen and oxygen atoms in total. The quantitative estimate of drug-likeness (QED) is 0.795. The second-order valence-corrected chi connectivity index (χ2v) is 4.25. The summed E-state index contributed by atoms with van der Waals surface area (Å²) < 4.78 is 32.2. The van der Waals surface area contributed by atoms with E-state index in [1.165, 1.54) is 6.07 Å². The van der Waals surface area contributed by atoms with Crippen LogP contribution >= 0.6 is 0 Å². The van der Waals surface area contributed by atoms with E-state index >= 15 is 0 Å². The Morgan fingerprint density at radius 1 is 1.31 bits per heavy atom. The first kappa shape index (κ1) is 11.5. The second-order valence-electron chi connectivity index (χ2n) is 4.25. The Morgan fingerprint density at radius 3 is 2.75 bits per heavy atom. The van der Waals surface area contributed by atoms with E-state index in [-0.39, 0.29) is 17.6 Å². The largest absolute Gasteiger partial charge is 0.370 e. The highest BCUT2D eigenvalue weighted by molar-refractivity contribution is 5.23. The van der Waals surface area contributed by atoms with Gasteiger partial charge in [-0.15, -0.1) is 0 Å². The Morgan fingerprint density at radius 2 is 2.06 bits per heavy atom. The number of halogens is 2. The smallest absolute Gasteiger partial charge is 0.164 e. The third-order valence-corrected chi connectivity index (χ3v) is 2.82. The zero-order valence-corrected chi connectivity index (χ0v) is 9.34. The molecule has 0 spiro atoms. The van der Waals surface area contributed by atoms with Crippen LogP contribution in [0.15, 0.2) is 18.2 Å². The Balaban J connectivity index is 2.27. The van der Waals surface area contributed by atoms with Crippen LogP contribution in [0.1, 0.15) is 25.5 Å². The normalized spacial score (nSPS) is 30.4. The average molecular weight is 227 g/mol. The third kappa shape index (κ3) is 2.08. The van der Waals surface area contributed by atoms with E-state index in [0.717, 1.165) is 6.07 Å². The number of ether oxygens (including phenoxy) is 1. The summed E-state index contributed by atoms with van der Waals surface area (Å²) in [5.41, 5.74) is 0.284. The highest BCUT2D eigenvalue weighted by atomic mass is 19.2. The molecule has 0 aliphatic carbocycles. The van der Waals surface area contributed by atoms with Crippen LogP contribution in [0.25, 0.3) is 0 Å². The number of nitrogens with one attached hydrogen (secondary N) is 1. The Labute approximate surface area is 93.6 Å². The maximum absolute atomic E-state index is 13.6. The lowest BCUT2D eigenvalue weighted by Crippen LogP contribution is -2.47.